The minimum absolute atomic E-state index is 0.101. The van der Waals surface area contributed by atoms with Gasteiger partial charge in [0.15, 0.2) is 0 Å². The molecular weight excluding hydrogens is 286 g/mol. The van der Waals surface area contributed by atoms with Crippen molar-refractivity contribution >= 4 is 15.7 Å². The normalized spacial score (nSPS) is 15.4. The first-order chi connectivity index (χ1) is 9.86. The fourth-order valence-corrected chi connectivity index (χ4v) is 4.02. The van der Waals surface area contributed by atoms with Crippen LogP contribution >= 0.6 is 0 Å². The van der Waals surface area contributed by atoms with E-state index in [0.717, 1.165) is 19.3 Å². The van der Waals surface area contributed by atoms with Crippen molar-refractivity contribution in [1.29, 1.82) is 5.26 Å². The van der Waals surface area contributed by atoms with Crippen molar-refractivity contribution < 1.29 is 8.42 Å². The summed E-state index contributed by atoms with van der Waals surface area (Å²) in [7, 11) is -3.59. The van der Waals surface area contributed by atoms with Gasteiger partial charge >= 0.3 is 0 Å². The number of nitriles is 1. The molecule has 0 aliphatic heterocycles. The van der Waals surface area contributed by atoms with Crippen molar-refractivity contribution in [3.63, 3.8) is 0 Å². The van der Waals surface area contributed by atoms with Crippen molar-refractivity contribution in [2.45, 2.75) is 44.0 Å². The van der Waals surface area contributed by atoms with Gasteiger partial charge in [-0.15, -0.1) is 0 Å². The van der Waals surface area contributed by atoms with E-state index in [2.05, 4.69) is 13.8 Å². The molecule has 1 aromatic carbocycles. The Bertz CT molecular complexity index is 658. The van der Waals surface area contributed by atoms with Gasteiger partial charge < -0.3 is 5.73 Å². The number of hydrogen-bond acceptors (Lipinski definition) is 4. The van der Waals surface area contributed by atoms with E-state index in [0.29, 0.717) is 18.0 Å². The number of benzene rings is 1. The first kappa shape index (κ1) is 15.8. The van der Waals surface area contributed by atoms with Gasteiger partial charge in [0.2, 0.25) is 10.0 Å². The molecule has 6 heteroatoms. The van der Waals surface area contributed by atoms with Crippen LogP contribution in [-0.4, -0.2) is 25.3 Å². The standard InChI is InChI=1S/C15H21N3O2S/c1-11(2)7-8-18(13-4-5-13)21(19,20)15-6-3-12(10-16)9-14(15)17/h3,6,9,11,13H,4-5,7-8,17H2,1-2H3. The predicted octanol–water partition coefficient (Wildman–Crippen LogP) is 2.34. The second-order valence-corrected chi connectivity index (χ2v) is 7.75. The van der Waals surface area contributed by atoms with Crippen LogP contribution in [0.3, 0.4) is 0 Å². The lowest BCUT2D eigenvalue weighted by Gasteiger charge is -2.23. The Labute approximate surface area is 126 Å². The van der Waals surface area contributed by atoms with Crippen LogP contribution in [0.5, 0.6) is 0 Å². The summed E-state index contributed by atoms with van der Waals surface area (Å²) in [6.07, 6.45) is 2.65. The Morgan fingerprint density at radius 1 is 1.43 bits per heavy atom. The van der Waals surface area contributed by atoms with Gasteiger partial charge in [-0.1, -0.05) is 13.8 Å². The molecule has 1 aromatic rings. The number of sulfonamides is 1. The summed E-state index contributed by atoms with van der Waals surface area (Å²) >= 11 is 0. The zero-order chi connectivity index (χ0) is 15.6. The van der Waals surface area contributed by atoms with E-state index in [1.807, 2.05) is 6.07 Å². The molecule has 0 atom stereocenters. The summed E-state index contributed by atoms with van der Waals surface area (Å²) in [6, 6.07) is 6.42. The highest BCUT2D eigenvalue weighted by molar-refractivity contribution is 7.89. The smallest absolute Gasteiger partial charge is 0.245 e. The molecule has 0 aromatic heterocycles. The van der Waals surface area contributed by atoms with Gasteiger partial charge in [-0.2, -0.15) is 9.57 Å². The van der Waals surface area contributed by atoms with E-state index in [1.165, 1.54) is 18.2 Å². The lowest BCUT2D eigenvalue weighted by molar-refractivity contribution is 0.373. The zero-order valence-corrected chi connectivity index (χ0v) is 13.2. The number of hydrogen-bond donors (Lipinski definition) is 1. The van der Waals surface area contributed by atoms with Crippen LogP contribution in [0, 0.1) is 17.2 Å². The fourth-order valence-electron chi connectivity index (χ4n) is 2.23. The van der Waals surface area contributed by atoms with Crippen LogP contribution in [-0.2, 0) is 10.0 Å². The molecule has 0 saturated heterocycles. The number of rotatable bonds is 6. The van der Waals surface area contributed by atoms with Gasteiger partial charge in [-0.25, -0.2) is 8.42 Å². The van der Waals surface area contributed by atoms with Crippen molar-refractivity contribution in [3.8, 4) is 6.07 Å². The van der Waals surface area contributed by atoms with Crippen LogP contribution in [0.1, 0.15) is 38.7 Å². The molecule has 5 nitrogen and oxygen atoms in total. The highest BCUT2D eigenvalue weighted by Gasteiger charge is 2.38. The molecule has 2 rings (SSSR count). The monoisotopic (exact) mass is 307 g/mol. The predicted molar refractivity (Wildman–Crippen MR) is 81.9 cm³/mol. The third-order valence-corrected chi connectivity index (χ3v) is 5.63. The molecule has 0 heterocycles. The Hall–Kier alpha value is -1.58. The summed E-state index contributed by atoms with van der Waals surface area (Å²) in [5.41, 5.74) is 6.35. The van der Waals surface area contributed by atoms with Crippen molar-refractivity contribution in [2.24, 2.45) is 5.92 Å². The first-order valence-corrected chi connectivity index (χ1v) is 8.61. The molecule has 2 N–H and O–H groups in total. The van der Waals surface area contributed by atoms with Crippen molar-refractivity contribution in [1.82, 2.24) is 4.31 Å². The van der Waals surface area contributed by atoms with Crippen LogP contribution < -0.4 is 5.73 Å². The molecule has 1 saturated carbocycles. The second kappa shape index (κ2) is 6.04. The van der Waals surface area contributed by atoms with Gasteiger partial charge in [-0.3, -0.25) is 0 Å². The van der Waals surface area contributed by atoms with Gasteiger partial charge in [0.25, 0.3) is 0 Å². The summed E-state index contributed by atoms with van der Waals surface area (Å²) in [5.74, 6) is 0.444. The van der Waals surface area contributed by atoms with Gasteiger partial charge in [0, 0.05) is 12.6 Å². The van der Waals surface area contributed by atoms with E-state index in [-0.39, 0.29) is 16.6 Å². The molecule has 21 heavy (non-hydrogen) atoms. The van der Waals surface area contributed by atoms with Crippen LogP contribution in [0.15, 0.2) is 23.1 Å². The first-order valence-electron chi connectivity index (χ1n) is 7.17. The highest BCUT2D eigenvalue weighted by atomic mass is 32.2. The maximum Gasteiger partial charge on any atom is 0.245 e. The SMILES string of the molecule is CC(C)CCN(C1CC1)S(=O)(=O)c1ccc(C#N)cc1N. The molecular formula is C15H21N3O2S. The Kier molecular flexibility index (Phi) is 4.55. The largest absolute Gasteiger partial charge is 0.398 e. The Morgan fingerprint density at radius 3 is 2.57 bits per heavy atom. The molecule has 0 bridgehead atoms. The fraction of sp³-hybridized carbons (Fsp3) is 0.533. The lowest BCUT2D eigenvalue weighted by Crippen LogP contribution is -2.35. The van der Waals surface area contributed by atoms with Gasteiger partial charge in [0.05, 0.1) is 17.3 Å². The lowest BCUT2D eigenvalue weighted by atomic mass is 10.1. The minimum Gasteiger partial charge on any atom is -0.398 e. The number of nitrogens with zero attached hydrogens (tertiary/aromatic N) is 2. The van der Waals surface area contributed by atoms with E-state index < -0.39 is 10.0 Å². The van der Waals surface area contributed by atoms with Crippen LogP contribution in [0.25, 0.3) is 0 Å². The Balaban J connectivity index is 2.32. The van der Waals surface area contributed by atoms with Gasteiger partial charge in [0.1, 0.15) is 4.90 Å². The molecule has 1 aliphatic rings. The summed E-state index contributed by atoms with van der Waals surface area (Å²) < 4.78 is 27.2. The molecule has 1 aliphatic carbocycles. The number of anilines is 1. The topological polar surface area (TPSA) is 87.2 Å². The maximum atomic E-state index is 12.8. The third-order valence-electron chi connectivity index (χ3n) is 3.61. The number of nitrogen functional groups attached to an aromatic ring is 1. The second-order valence-electron chi connectivity index (χ2n) is 5.89. The molecule has 0 unspecified atom stereocenters. The average Bonchev–Trinajstić information content (AvgIpc) is 3.22. The maximum absolute atomic E-state index is 12.8. The quantitative estimate of drug-likeness (QED) is 0.817. The van der Waals surface area contributed by atoms with Crippen molar-refractivity contribution in [3.05, 3.63) is 23.8 Å². The van der Waals surface area contributed by atoms with E-state index in [9.17, 15) is 8.42 Å². The minimum atomic E-state index is -3.59. The summed E-state index contributed by atoms with van der Waals surface area (Å²) in [5, 5.41) is 8.84. The Morgan fingerprint density at radius 2 is 2.10 bits per heavy atom. The molecule has 1 fully saturated rings. The average molecular weight is 307 g/mol. The molecule has 0 radical (unpaired) electrons. The van der Waals surface area contributed by atoms with Gasteiger partial charge in [-0.05, 0) is 43.4 Å². The molecule has 0 amide bonds. The van der Waals surface area contributed by atoms with E-state index in [4.69, 9.17) is 11.0 Å². The van der Waals surface area contributed by atoms with E-state index in [1.54, 1.807) is 4.31 Å². The van der Waals surface area contributed by atoms with E-state index >= 15 is 0 Å². The van der Waals surface area contributed by atoms with Crippen molar-refractivity contribution in [2.75, 3.05) is 12.3 Å². The molecule has 114 valence electrons. The van der Waals surface area contributed by atoms with Crippen LogP contribution in [0.4, 0.5) is 5.69 Å². The number of nitrogens with two attached hydrogens (primary N) is 1. The summed E-state index contributed by atoms with van der Waals surface area (Å²) in [6.45, 7) is 4.67. The third kappa shape index (κ3) is 3.55. The molecule has 0 spiro atoms. The zero-order valence-electron chi connectivity index (χ0n) is 12.4. The van der Waals surface area contributed by atoms with Crippen LogP contribution in [0.2, 0.25) is 0 Å². The summed E-state index contributed by atoms with van der Waals surface area (Å²) in [4.78, 5) is 0.108. The highest BCUT2D eigenvalue weighted by Crippen LogP contribution is 2.34.